The van der Waals surface area contributed by atoms with Gasteiger partial charge in [-0.1, -0.05) is 19.9 Å². The number of benzene rings is 1. The van der Waals surface area contributed by atoms with Gasteiger partial charge in [0.15, 0.2) is 6.61 Å². The summed E-state index contributed by atoms with van der Waals surface area (Å²) in [6.45, 7) is 6.41. The zero-order valence-electron chi connectivity index (χ0n) is 16.9. The van der Waals surface area contributed by atoms with E-state index in [1.807, 2.05) is 0 Å². The molecule has 0 spiro atoms. The highest BCUT2D eigenvalue weighted by Crippen LogP contribution is 2.21. The van der Waals surface area contributed by atoms with Crippen molar-refractivity contribution in [2.24, 2.45) is 11.8 Å². The third kappa shape index (κ3) is 5.34. The monoisotopic (exact) mass is 424 g/mol. The van der Waals surface area contributed by atoms with Gasteiger partial charge in [0.2, 0.25) is 10.0 Å². The van der Waals surface area contributed by atoms with E-state index in [0.29, 0.717) is 38.1 Å². The number of nitrogens with zero attached hydrogens (tertiary/aromatic N) is 2. The summed E-state index contributed by atoms with van der Waals surface area (Å²) in [5, 5.41) is 0. The molecule has 29 heavy (non-hydrogen) atoms. The number of amides is 1. The van der Waals surface area contributed by atoms with Crippen LogP contribution >= 0.6 is 0 Å². The topological polar surface area (TPSA) is 93.2 Å². The molecule has 2 unspecified atom stereocenters. The van der Waals surface area contributed by atoms with Gasteiger partial charge < -0.3 is 14.4 Å². The Bertz CT molecular complexity index is 840. The second kappa shape index (κ2) is 9.23. The summed E-state index contributed by atoms with van der Waals surface area (Å²) in [6.07, 6.45) is 1.08. The highest BCUT2D eigenvalue weighted by atomic mass is 32.2. The molecule has 0 saturated carbocycles. The molecule has 2 atom stereocenters. The molecule has 2 aliphatic heterocycles. The summed E-state index contributed by atoms with van der Waals surface area (Å²) in [4.78, 5) is 26.5. The number of hydrogen-bond donors (Lipinski definition) is 0. The van der Waals surface area contributed by atoms with Crippen molar-refractivity contribution in [2.75, 3.05) is 46.0 Å². The Labute approximate surface area is 171 Å². The van der Waals surface area contributed by atoms with Crippen LogP contribution in [0.4, 0.5) is 0 Å². The van der Waals surface area contributed by atoms with Crippen molar-refractivity contribution >= 4 is 21.9 Å². The van der Waals surface area contributed by atoms with Crippen LogP contribution in [-0.4, -0.2) is 75.5 Å². The molecule has 0 aliphatic carbocycles. The van der Waals surface area contributed by atoms with E-state index in [-0.39, 0.29) is 36.1 Å². The first-order valence-electron chi connectivity index (χ1n) is 9.90. The van der Waals surface area contributed by atoms with Crippen molar-refractivity contribution in [1.29, 1.82) is 0 Å². The van der Waals surface area contributed by atoms with Gasteiger partial charge in [-0.2, -0.15) is 4.31 Å². The zero-order valence-corrected chi connectivity index (χ0v) is 17.7. The maximum atomic E-state index is 12.8. The van der Waals surface area contributed by atoms with Gasteiger partial charge in [-0.25, -0.2) is 13.2 Å². The van der Waals surface area contributed by atoms with Gasteiger partial charge in [-0.3, -0.25) is 4.79 Å². The fourth-order valence-corrected chi connectivity index (χ4v) is 5.34. The van der Waals surface area contributed by atoms with Crippen LogP contribution in [0.5, 0.6) is 0 Å². The van der Waals surface area contributed by atoms with E-state index in [0.717, 1.165) is 6.42 Å². The van der Waals surface area contributed by atoms with Crippen LogP contribution < -0.4 is 0 Å². The molecule has 2 heterocycles. The number of esters is 1. The number of carbonyl (C=O) groups is 2. The molecule has 3 rings (SSSR count). The molecule has 0 aromatic heterocycles. The van der Waals surface area contributed by atoms with Crippen LogP contribution in [0.3, 0.4) is 0 Å². The van der Waals surface area contributed by atoms with E-state index in [9.17, 15) is 18.0 Å². The summed E-state index contributed by atoms with van der Waals surface area (Å²) in [6, 6.07) is 5.72. The van der Waals surface area contributed by atoms with E-state index < -0.39 is 16.0 Å². The molecule has 9 heteroatoms. The molecule has 0 bridgehead atoms. The number of likely N-dealkylation sites (tertiary alicyclic amines) is 1. The number of carbonyl (C=O) groups excluding carboxylic acids is 2. The number of piperidine rings is 1. The molecule has 160 valence electrons. The van der Waals surface area contributed by atoms with Crippen LogP contribution in [0, 0.1) is 11.8 Å². The third-order valence-corrected chi connectivity index (χ3v) is 7.12. The van der Waals surface area contributed by atoms with Crippen LogP contribution in [-0.2, 0) is 24.3 Å². The van der Waals surface area contributed by atoms with Crippen molar-refractivity contribution in [2.45, 2.75) is 25.2 Å². The van der Waals surface area contributed by atoms with Gasteiger partial charge in [-0.05, 0) is 36.5 Å². The minimum absolute atomic E-state index is 0.0267. The Morgan fingerprint density at radius 2 is 1.79 bits per heavy atom. The first-order valence-corrected chi connectivity index (χ1v) is 11.3. The minimum Gasteiger partial charge on any atom is -0.452 e. The molecule has 2 fully saturated rings. The van der Waals surface area contributed by atoms with E-state index in [1.165, 1.54) is 28.6 Å². The highest BCUT2D eigenvalue weighted by Gasteiger charge is 2.28. The molecule has 1 aromatic rings. The number of rotatable bonds is 5. The summed E-state index contributed by atoms with van der Waals surface area (Å²) in [7, 11) is -3.71. The zero-order chi connectivity index (χ0) is 21.0. The molecule has 2 aliphatic rings. The lowest BCUT2D eigenvalue weighted by Crippen LogP contribution is -2.44. The van der Waals surface area contributed by atoms with E-state index in [1.54, 1.807) is 4.90 Å². The lowest BCUT2D eigenvalue weighted by molar-refractivity contribution is -0.137. The maximum Gasteiger partial charge on any atom is 0.338 e. The normalized spacial score (nSPS) is 23.6. The molecule has 0 N–H and O–H groups in total. The summed E-state index contributed by atoms with van der Waals surface area (Å²) in [5.41, 5.74) is 0.104. The standard InChI is InChI=1S/C20H28N2O6S/c1-15-10-16(2)13-21(12-15)19(23)14-28-20(24)17-4-3-5-18(11-17)29(25,26)22-6-8-27-9-7-22/h3-5,11,15-16H,6-10,12-14H2,1-2H3. The number of morpholine rings is 1. The second-order valence-corrected chi connectivity index (χ2v) is 9.80. The molecule has 2 saturated heterocycles. The largest absolute Gasteiger partial charge is 0.452 e. The van der Waals surface area contributed by atoms with Gasteiger partial charge in [0.25, 0.3) is 5.91 Å². The summed E-state index contributed by atoms with van der Waals surface area (Å²) < 4.78 is 37.2. The van der Waals surface area contributed by atoms with Crippen LogP contribution in [0.25, 0.3) is 0 Å². The van der Waals surface area contributed by atoms with Crippen molar-refractivity contribution in [1.82, 2.24) is 9.21 Å². The average molecular weight is 425 g/mol. The Balaban J connectivity index is 1.63. The second-order valence-electron chi connectivity index (χ2n) is 7.87. The van der Waals surface area contributed by atoms with Crippen LogP contribution in [0.1, 0.15) is 30.6 Å². The third-order valence-electron chi connectivity index (χ3n) is 5.23. The van der Waals surface area contributed by atoms with Gasteiger partial charge in [0, 0.05) is 26.2 Å². The SMILES string of the molecule is CC1CC(C)CN(C(=O)COC(=O)c2cccc(S(=O)(=O)N3CCOCC3)c2)C1. The lowest BCUT2D eigenvalue weighted by atomic mass is 9.92. The number of ether oxygens (including phenoxy) is 2. The van der Waals surface area contributed by atoms with Crippen molar-refractivity contribution < 1.29 is 27.5 Å². The van der Waals surface area contributed by atoms with Crippen LogP contribution in [0.2, 0.25) is 0 Å². The maximum absolute atomic E-state index is 12.8. The Morgan fingerprint density at radius 1 is 1.14 bits per heavy atom. The van der Waals surface area contributed by atoms with Crippen molar-refractivity contribution in [3.05, 3.63) is 29.8 Å². The molecule has 1 amide bonds. The lowest BCUT2D eigenvalue weighted by Gasteiger charge is -2.34. The molecular weight excluding hydrogens is 396 g/mol. The number of hydrogen-bond acceptors (Lipinski definition) is 6. The van der Waals surface area contributed by atoms with Crippen molar-refractivity contribution in [3.63, 3.8) is 0 Å². The average Bonchev–Trinajstić information content (AvgIpc) is 2.71. The molecule has 1 aromatic carbocycles. The molecular formula is C20H28N2O6S. The van der Waals surface area contributed by atoms with E-state index in [4.69, 9.17) is 9.47 Å². The fraction of sp³-hybridized carbons (Fsp3) is 0.600. The number of sulfonamides is 1. The highest BCUT2D eigenvalue weighted by molar-refractivity contribution is 7.89. The summed E-state index contributed by atoms with van der Waals surface area (Å²) >= 11 is 0. The van der Waals surface area contributed by atoms with Gasteiger partial charge in [0.1, 0.15) is 0 Å². The Kier molecular flexibility index (Phi) is 6.92. The summed E-state index contributed by atoms with van der Waals surface area (Å²) in [5.74, 6) is -0.106. The quantitative estimate of drug-likeness (QED) is 0.663. The van der Waals surface area contributed by atoms with Crippen LogP contribution in [0.15, 0.2) is 29.2 Å². The predicted octanol–water partition coefficient (Wildman–Crippen LogP) is 1.37. The molecule has 0 radical (unpaired) electrons. The Morgan fingerprint density at radius 3 is 2.45 bits per heavy atom. The fourth-order valence-electron chi connectivity index (χ4n) is 3.89. The predicted molar refractivity (Wildman–Crippen MR) is 106 cm³/mol. The minimum atomic E-state index is -3.71. The Hall–Kier alpha value is -1.97. The smallest absolute Gasteiger partial charge is 0.338 e. The van der Waals surface area contributed by atoms with Gasteiger partial charge in [0.05, 0.1) is 23.7 Å². The van der Waals surface area contributed by atoms with Gasteiger partial charge >= 0.3 is 5.97 Å². The van der Waals surface area contributed by atoms with Crippen molar-refractivity contribution in [3.8, 4) is 0 Å². The van der Waals surface area contributed by atoms with E-state index in [2.05, 4.69) is 13.8 Å². The first kappa shape index (κ1) is 21.7. The van der Waals surface area contributed by atoms with Gasteiger partial charge in [-0.15, -0.1) is 0 Å². The first-order chi connectivity index (χ1) is 13.8. The molecule has 8 nitrogen and oxygen atoms in total. The van der Waals surface area contributed by atoms with E-state index >= 15 is 0 Å².